The number of carbonyl (C=O) groups is 1. The normalized spacial score (nSPS) is 10.3. The molecule has 0 bridgehead atoms. The monoisotopic (exact) mass is 351 g/mol. The minimum absolute atomic E-state index is 0.185. The van der Waals surface area contributed by atoms with Gasteiger partial charge >= 0.3 is 0 Å². The summed E-state index contributed by atoms with van der Waals surface area (Å²) in [5.41, 5.74) is 3.25. The van der Waals surface area contributed by atoms with Crippen LogP contribution in [0.25, 0.3) is 0 Å². The van der Waals surface area contributed by atoms with Crippen molar-refractivity contribution >= 4 is 28.9 Å². The maximum Gasteiger partial charge on any atom is 0.253 e. The lowest BCUT2D eigenvalue weighted by atomic mass is 10.2. The van der Waals surface area contributed by atoms with Gasteiger partial charge in [-0.15, -0.1) is 0 Å². The van der Waals surface area contributed by atoms with Crippen LogP contribution >= 0.6 is 11.6 Å². The van der Waals surface area contributed by atoms with Crippen molar-refractivity contribution < 1.29 is 4.79 Å². The number of nitrogens with one attached hydrogen (secondary N) is 1. The summed E-state index contributed by atoms with van der Waals surface area (Å²) in [6.07, 6.45) is 3.29. The largest absolute Gasteiger partial charge is 0.348 e. The van der Waals surface area contributed by atoms with Gasteiger partial charge in [0.25, 0.3) is 5.91 Å². The lowest BCUT2D eigenvalue weighted by Gasteiger charge is -2.19. The van der Waals surface area contributed by atoms with Crippen molar-refractivity contribution in [2.24, 2.45) is 0 Å². The van der Waals surface area contributed by atoms with Crippen molar-refractivity contribution in [3.8, 4) is 0 Å². The molecule has 0 fully saturated rings. The van der Waals surface area contributed by atoms with Crippen LogP contribution in [0, 0.1) is 0 Å². The summed E-state index contributed by atoms with van der Waals surface area (Å²) in [5, 5.41) is 3.52. The van der Waals surface area contributed by atoms with Crippen molar-refractivity contribution in [1.82, 2.24) is 10.3 Å². The molecule has 0 aliphatic carbocycles. The Morgan fingerprint density at radius 3 is 2.52 bits per heavy atom. The lowest BCUT2D eigenvalue weighted by molar-refractivity contribution is 0.0950. The molecule has 1 aromatic heterocycles. The smallest absolute Gasteiger partial charge is 0.253 e. The summed E-state index contributed by atoms with van der Waals surface area (Å²) in [5.74, 6) is -0.185. The Labute approximate surface area is 152 Å². The van der Waals surface area contributed by atoms with Crippen molar-refractivity contribution in [3.05, 3.63) is 89.2 Å². The molecule has 25 heavy (non-hydrogen) atoms. The first-order valence-electron chi connectivity index (χ1n) is 7.90. The van der Waals surface area contributed by atoms with E-state index in [1.54, 1.807) is 18.5 Å². The number of rotatable bonds is 5. The number of benzene rings is 2. The number of para-hydroxylation sites is 1. The maximum absolute atomic E-state index is 12.4. The van der Waals surface area contributed by atoms with Gasteiger partial charge in [-0.1, -0.05) is 48.0 Å². The van der Waals surface area contributed by atoms with E-state index >= 15 is 0 Å². The van der Waals surface area contributed by atoms with Crippen molar-refractivity contribution in [3.63, 3.8) is 0 Å². The molecule has 4 nitrogen and oxygen atoms in total. The molecule has 126 valence electrons. The Kier molecular flexibility index (Phi) is 5.31. The highest BCUT2D eigenvalue weighted by atomic mass is 35.5. The van der Waals surface area contributed by atoms with Crippen LogP contribution in [0.15, 0.2) is 73.1 Å². The van der Waals surface area contributed by atoms with E-state index in [9.17, 15) is 4.79 Å². The first kappa shape index (κ1) is 17.0. The maximum atomic E-state index is 12.4. The van der Waals surface area contributed by atoms with Crippen LogP contribution in [-0.2, 0) is 6.54 Å². The fraction of sp³-hybridized carbons (Fsp3) is 0.100. The summed E-state index contributed by atoms with van der Waals surface area (Å²) in [6.45, 7) is 0.372. The molecule has 3 aromatic rings. The molecule has 1 amide bonds. The minimum Gasteiger partial charge on any atom is -0.348 e. The van der Waals surface area contributed by atoms with Crippen LogP contribution in [0.4, 0.5) is 11.4 Å². The van der Waals surface area contributed by atoms with Crippen LogP contribution < -0.4 is 10.2 Å². The number of anilines is 2. The van der Waals surface area contributed by atoms with Crippen LogP contribution in [0.5, 0.6) is 0 Å². The van der Waals surface area contributed by atoms with Gasteiger partial charge in [0, 0.05) is 30.5 Å². The van der Waals surface area contributed by atoms with E-state index in [1.807, 2.05) is 66.5 Å². The Balaban J connectivity index is 1.72. The molecule has 3 rings (SSSR count). The van der Waals surface area contributed by atoms with Crippen LogP contribution in [0.1, 0.15) is 15.9 Å². The first-order chi connectivity index (χ1) is 12.1. The van der Waals surface area contributed by atoms with Gasteiger partial charge in [0.1, 0.15) is 0 Å². The van der Waals surface area contributed by atoms with Gasteiger partial charge in [-0.25, -0.2) is 0 Å². The van der Waals surface area contributed by atoms with E-state index in [0.717, 1.165) is 16.9 Å². The topological polar surface area (TPSA) is 45.2 Å². The van der Waals surface area contributed by atoms with E-state index in [0.29, 0.717) is 17.1 Å². The fourth-order valence-corrected chi connectivity index (χ4v) is 2.66. The molecule has 0 saturated heterocycles. The molecule has 1 heterocycles. The number of halogens is 1. The van der Waals surface area contributed by atoms with Crippen molar-refractivity contribution in [1.29, 1.82) is 0 Å². The summed E-state index contributed by atoms with van der Waals surface area (Å²) < 4.78 is 0. The predicted octanol–water partition coefficient (Wildman–Crippen LogP) is 4.43. The summed E-state index contributed by atoms with van der Waals surface area (Å²) in [7, 11) is 1.94. The van der Waals surface area contributed by atoms with Crippen LogP contribution in [-0.4, -0.2) is 17.9 Å². The third-order valence-corrected chi connectivity index (χ3v) is 4.28. The zero-order chi connectivity index (χ0) is 17.6. The SMILES string of the molecule is CN(c1ccccc1)c1cncc(C(=O)NCc2ccccc2Cl)c1. The summed E-state index contributed by atoms with van der Waals surface area (Å²) in [4.78, 5) is 18.6. The average Bonchev–Trinajstić information content (AvgIpc) is 2.67. The number of amides is 1. The fourth-order valence-electron chi connectivity index (χ4n) is 2.46. The lowest BCUT2D eigenvalue weighted by Crippen LogP contribution is -2.23. The Hall–Kier alpha value is -2.85. The zero-order valence-electron chi connectivity index (χ0n) is 13.8. The second-order valence-corrected chi connectivity index (χ2v) is 6.01. The molecule has 0 unspecified atom stereocenters. The second kappa shape index (κ2) is 7.81. The van der Waals surface area contributed by atoms with Gasteiger partial charge < -0.3 is 10.2 Å². The van der Waals surface area contributed by atoms with E-state index in [2.05, 4.69) is 10.3 Å². The molecular weight excluding hydrogens is 334 g/mol. The van der Waals surface area contributed by atoms with Gasteiger partial charge in [0.15, 0.2) is 0 Å². The van der Waals surface area contributed by atoms with E-state index in [1.165, 1.54) is 0 Å². The average molecular weight is 352 g/mol. The molecule has 0 spiro atoms. The number of carbonyl (C=O) groups excluding carboxylic acids is 1. The van der Waals surface area contributed by atoms with E-state index in [4.69, 9.17) is 11.6 Å². The van der Waals surface area contributed by atoms with Gasteiger partial charge in [0.2, 0.25) is 0 Å². The Morgan fingerprint density at radius 2 is 1.76 bits per heavy atom. The first-order valence-corrected chi connectivity index (χ1v) is 8.28. The highest BCUT2D eigenvalue weighted by Gasteiger charge is 2.10. The summed E-state index contributed by atoms with van der Waals surface area (Å²) >= 11 is 6.12. The van der Waals surface area contributed by atoms with Crippen molar-refractivity contribution in [2.45, 2.75) is 6.54 Å². The molecular formula is C20H18ClN3O. The van der Waals surface area contributed by atoms with E-state index < -0.39 is 0 Å². The number of pyridine rings is 1. The van der Waals surface area contributed by atoms with Gasteiger partial charge in [-0.3, -0.25) is 9.78 Å². The third kappa shape index (κ3) is 4.17. The van der Waals surface area contributed by atoms with Gasteiger partial charge in [0.05, 0.1) is 17.4 Å². The van der Waals surface area contributed by atoms with Crippen LogP contribution in [0.2, 0.25) is 5.02 Å². The third-order valence-electron chi connectivity index (χ3n) is 3.91. The van der Waals surface area contributed by atoms with Crippen LogP contribution in [0.3, 0.4) is 0 Å². The van der Waals surface area contributed by atoms with Crippen molar-refractivity contribution in [2.75, 3.05) is 11.9 Å². The van der Waals surface area contributed by atoms with Gasteiger partial charge in [-0.2, -0.15) is 0 Å². The molecule has 5 heteroatoms. The zero-order valence-corrected chi connectivity index (χ0v) is 14.6. The minimum atomic E-state index is -0.185. The molecule has 1 N–H and O–H groups in total. The second-order valence-electron chi connectivity index (χ2n) is 5.60. The Bertz CT molecular complexity index is 868. The number of aromatic nitrogens is 1. The Morgan fingerprint density at radius 1 is 1.04 bits per heavy atom. The molecule has 0 atom stereocenters. The highest BCUT2D eigenvalue weighted by molar-refractivity contribution is 6.31. The molecule has 0 radical (unpaired) electrons. The highest BCUT2D eigenvalue weighted by Crippen LogP contribution is 2.23. The van der Waals surface area contributed by atoms with Gasteiger partial charge in [-0.05, 0) is 29.8 Å². The van der Waals surface area contributed by atoms with E-state index in [-0.39, 0.29) is 5.91 Å². The molecule has 0 saturated carbocycles. The molecule has 2 aromatic carbocycles. The number of nitrogens with zero attached hydrogens (tertiary/aromatic N) is 2. The summed E-state index contributed by atoms with van der Waals surface area (Å²) in [6, 6.07) is 19.2. The standard InChI is InChI=1S/C20H18ClN3O/c1-24(17-8-3-2-4-9-17)18-11-16(12-22-14-18)20(25)23-13-15-7-5-6-10-19(15)21/h2-12,14H,13H2,1H3,(H,23,25). The molecule has 0 aliphatic heterocycles. The quantitative estimate of drug-likeness (QED) is 0.739. The molecule has 0 aliphatic rings. The number of hydrogen-bond acceptors (Lipinski definition) is 3. The number of hydrogen-bond donors (Lipinski definition) is 1. The predicted molar refractivity (Wildman–Crippen MR) is 101 cm³/mol.